The molecule has 2 aliphatic rings. The van der Waals surface area contributed by atoms with Crippen molar-refractivity contribution >= 4 is 5.97 Å². The van der Waals surface area contributed by atoms with Crippen molar-refractivity contribution in [1.29, 1.82) is 0 Å². The van der Waals surface area contributed by atoms with Crippen LogP contribution in [0.5, 0.6) is 0 Å². The molecule has 5 N–H and O–H groups in total. The van der Waals surface area contributed by atoms with Crippen LogP contribution >= 0.6 is 0 Å². The highest BCUT2D eigenvalue weighted by molar-refractivity contribution is 5.70. The summed E-state index contributed by atoms with van der Waals surface area (Å²) in [5.41, 5.74) is 12.5. The minimum absolute atomic E-state index is 0.196. The first-order valence-corrected chi connectivity index (χ1v) is 8.83. The fourth-order valence-corrected chi connectivity index (χ4v) is 4.49. The van der Waals surface area contributed by atoms with Gasteiger partial charge in [-0.1, -0.05) is 32.1 Å². The van der Waals surface area contributed by atoms with Gasteiger partial charge in [-0.15, -0.1) is 0 Å². The third kappa shape index (κ3) is 4.68. The summed E-state index contributed by atoms with van der Waals surface area (Å²) in [6.07, 6.45) is 11.6. The summed E-state index contributed by atoms with van der Waals surface area (Å²) in [6.45, 7) is 0. The number of aliphatic carboxylic acids is 1. The summed E-state index contributed by atoms with van der Waals surface area (Å²) < 4.78 is 0. The molecule has 5 atom stereocenters. The van der Waals surface area contributed by atoms with Gasteiger partial charge in [-0.25, -0.2) is 0 Å². The first-order valence-electron chi connectivity index (χ1n) is 8.83. The molecule has 2 fully saturated rings. The third-order valence-electron chi connectivity index (χ3n) is 5.71. The van der Waals surface area contributed by atoms with Gasteiger partial charge in [-0.05, 0) is 50.4 Å². The van der Waals surface area contributed by atoms with E-state index in [0.717, 1.165) is 57.8 Å². The third-order valence-corrected chi connectivity index (χ3v) is 5.71. The molecule has 0 aromatic carbocycles. The fourth-order valence-electron chi connectivity index (χ4n) is 4.49. The zero-order valence-electron chi connectivity index (χ0n) is 13.2. The topological polar surface area (TPSA) is 89.3 Å². The zero-order valence-corrected chi connectivity index (χ0v) is 13.2. The molecule has 122 valence electrons. The molecule has 21 heavy (non-hydrogen) atoms. The molecule has 0 radical (unpaired) electrons. The second-order valence-corrected chi connectivity index (χ2v) is 7.20. The van der Waals surface area contributed by atoms with E-state index in [4.69, 9.17) is 11.5 Å². The molecule has 4 nitrogen and oxygen atoms in total. The Morgan fingerprint density at radius 2 is 1.33 bits per heavy atom. The molecule has 0 bridgehead atoms. The number of nitrogens with two attached hydrogens (primary N) is 2. The van der Waals surface area contributed by atoms with E-state index in [-0.39, 0.29) is 17.9 Å². The van der Waals surface area contributed by atoms with E-state index < -0.39 is 5.97 Å². The van der Waals surface area contributed by atoms with E-state index in [1.165, 1.54) is 12.8 Å². The molecule has 2 aliphatic carbocycles. The number of carboxylic acids is 1. The Bertz CT molecular complexity index is 335. The van der Waals surface area contributed by atoms with Gasteiger partial charge in [-0.2, -0.15) is 0 Å². The Labute approximate surface area is 128 Å². The van der Waals surface area contributed by atoms with Crippen molar-refractivity contribution in [1.82, 2.24) is 0 Å². The Balaban J connectivity index is 2.10. The maximum atomic E-state index is 11.8. The summed E-state index contributed by atoms with van der Waals surface area (Å²) in [7, 11) is 0. The monoisotopic (exact) mass is 296 g/mol. The van der Waals surface area contributed by atoms with Crippen molar-refractivity contribution in [2.24, 2.45) is 29.2 Å². The minimum atomic E-state index is -0.609. The maximum Gasteiger partial charge on any atom is 0.306 e. The molecule has 0 spiro atoms. The fraction of sp³-hybridized carbons (Fsp3) is 0.941. The Hall–Kier alpha value is -0.610. The number of hydrogen-bond donors (Lipinski definition) is 3. The average molecular weight is 296 g/mol. The molecule has 0 saturated heterocycles. The van der Waals surface area contributed by atoms with Gasteiger partial charge < -0.3 is 16.6 Å². The van der Waals surface area contributed by atoms with E-state index in [2.05, 4.69) is 0 Å². The van der Waals surface area contributed by atoms with Crippen LogP contribution in [0, 0.1) is 17.8 Å². The van der Waals surface area contributed by atoms with Crippen molar-refractivity contribution < 1.29 is 9.90 Å². The van der Waals surface area contributed by atoms with Gasteiger partial charge in [0, 0.05) is 12.1 Å². The van der Waals surface area contributed by atoms with E-state index >= 15 is 0 Å². The highest BCUT2D eigenvalue weighted by atomic mass is 16.4. The summed E-state index contributed by atoms with van der Waals surface area (Å²) in [5.74, 6) is -0.158. The lowest BCUT2D eigenvalue weighted by Gasteiger charge is -2.38. The molecule has 0 aromatic heterocycles. The Morgan fingerprint density at radius 3 is 2.05 bits per heavy atom. The Kier molecular flexibility index (Phi) is 6.49. The lowest BCUT2D eigenvalue weighted by atomic mass is 9.68. The van der Waals surface area contributed by atoms with Crippen molar-refractivity contribution in [3.8, 4) is 0 Å². The first kappa shape index (κ1) is 16.8. The van der Waals surface area contributed by atoms with E-state index in [1.54, 1.807) is 0 Å². The van der Waals surface area contributed by atoms with Crippen molar-refractivity contribution in [2.45, 2.75) is 82.7 Å². The highest BCUT2D eigenvalue weighted by Crippen LogP contribution is 2.39. The standard InChI is InChI=1S/C17H32N2O2/c18-12-6-1-2-9-15(17(20)21)13(10-5-7-12)14-8-3-4-11-16(14)19/h12-16H,1-11,18-19H2,(H,20,21). The lowest BCUT2D eigenvalue weighted by molar-refractivity contribution is -0.145. The van der Waals surface area contributed by atoms with Crippen LogP contribution in [0.15, 0.2) is 0 Å². The first-order chi connectivity index (χ1) is 10.1. The Morgan fingerprint density at radius 1 is 0.762 bits per heavy atom. The van der Waals surface area contributed by atoms with Gasteiger partial charge in [0.25, 0.3) is 0 Å². The number of rotatable bonds is 2. The van der Waals surface area contributed by atoms with Gasteiger partial charge >= 0.3 is 5.97 Å². The van der Waals surface area contributed by atoms with Crippen molar-refractivity contribution in [3.63, 3.8) is 0 Å². The van der Waals surface area contributed by atoms with Crippen LogP contribution in [0.1, 0.15) is 70.6 Å². The SMILES string of the molecule is NC1CCCCC(C(=O)O)C(C2CCCCC2N)CCC1. The van der Waals surface area contributed by atoms with Crippen molar-refractivity contribution in [3.05, 3.63) is 0 Å². The molecule has 4 heteroatoms. The van der Waals surface area contributed by atoms with E-state index in [9.17, 15) is 9.90 Å². The van der Waals surface area contributed by atoms with Gasteiger partial charge in [0.2, 0.25) is 0 Å². The van der Waals surface area contributed by atoms with Crippen LogP contribution in [0.25, 0.3) is 0 Å². The minimum Gasteiger partial charge on any atom is -0.481 e. The molecule has 0 heterocycles. The highest BCUT2D eigenvalue weighted by Gasteiger charge is 2.37. The molecule has 0 amide bonds. The molecular formula is C17H32N2O2. The van der Waals surface area contributed by atoms with Gasteiger partial charge in [0.05, 0.1) is 5.92 Å². The number of hydrogen-bond acceptors (Lipinski definition) is 3. The predicted octanol–water partition coefficient (Wildman–Crippen LogP) is 2.89. The summed E-state index contributed by atoms with van der Waals surface area (Å²) >= 11 is 0. The molecule has 0 aromatic rings. The number of carboxylic acid groups (broad SMARTS) is 1. The molecule has 2 saturated carbocycles. The maximum absolute atomic E-state index is 11.8. The van der Waals surface area contributed by atoms with E-state index in [1.807, 2.05) is 0 Å². The van der Waals surface area contributed by atoms with Gasteiger partial charge in [-0.3, -0.25) is 4.79 Å². The lowest BCUT2D eigenvalue weighted by Crippen LogP contribution is -2.42. The van der Waals surface area contributed by atoms with Crippen LogP contribution in [-0.2, 0) is 4.79 Å². The largest absolute Gasteiger partial charge is 0.481 e. The van der Waals surface area contributed by atoms with Crippen LogP contribution in [-0.4, -0.2) is 23.2 Å². The summed E-state index contributed by atoms with van der Waals surface area (Å²) in [4.78, 5) is 11.8. The summed E-state index contributed by atoms with van der Waals surface area (Å²) in [6, 6.07) is 0.495. The smallest absolute Gasteiger partial charge is 0.306 e. The zero-order chi connectivity index (χ0) is 15.2. The second-order valence-electron chi connectivity index (χ2n) is 7.20. The predicted molar refractivity (Wildman–Crippen MR) is 84.8 cm³/mol. The molecular weight excluding hydrogens is 264 g/mol. The van der Waals surface area contributed by atoms with Gasteiger partial charge in [0.15, 0.2) is 0 Å². The van der Waals surface area contributed by atoms with Crippen LogP contribution < -0.4 is 11.5 Å². The molecule has 2 rings (SSSR count). The second kappa shape index (κ2) is 8.14. The normalized spacial score (nSPS) is 39.6. The quantitative estimate of drug-likeness (QED) is 0.731. The molecule has 5 unspecified atom stereocenters. The molecule has 0 aliphatic heterocycles. The van der Waals surface area contributed by atoms with Crippen LogP contribution in [0.3, 0.4) is 0 Å². The van der Waals surface area contributed by atoms with Gasteiger partial charge in [0.1, 0.15) is 0 Å². The van der Waals surface area contributed by atoms with Crippen molar-refractivity contribution in [2.75, 3.05) is 0 Å². The van der Waals surface area contributed by atoms with Crippen LogP contribution in [0.4, 0.5) is 0 Å². The van der Waals surface area contributed by atoms with Crippen LogP contribution in [0.2, 0.25) is 0 Å². The van der Waals surface area contributed by atoms with E-state index in [0.29, 0.717) is 12.0 Å². The number of carbonyl (C=O) groups is 1. The summed E-state index contributed by atoms with van der Waals surface area (Å²) in [5, 5.41) is 9.69. The average Bonchev–Trinajstić information content (AvgIpc) is 2.45.